The van der Waals surface area contributed by atoms with Crippen LogP contribution in [-0.2, 0) is 4.79 Å². The fourth-order valence-electron chi connectivity index (χ4n) is 3.41. The number of carbonyl (C=O) groups excluding carboxylic acids is 2. The van der Waals surface area contributed by atoms with Crippen molar-refractivity contribution in [1.29, 1.82) is 0 Å². The summed E-state index contributed by atoms with van der Waals surface area (Å²) in [7, 11) is 0. The lowest BCUT2D eigenvalue weighted by atomic mass is 10.1. The maximum atomic E-state index is 13.0. The van der Waals surface area contributed by atoms with Crippen LogP contribution >= 0.6 is 0 Å². The van der Waals surface area contributed by atoms with E-state index in [1.807, 2.05) is 44.2 Å². The highest BCUT2D eigenvalue weighted by Crippen LogP contribution is 2.22. The van der Waals surface area contributed by atoms with Crippen molar-refractivity contribution in [1.82, 2.24) is 19.8 Å². The van der Waals surface area contributed by atoms with E-state index in [1.54, 1.807) is 9.80 Å². The van der Waals surface area contributed by atoms with Crippen molar-refractivity contribution in [2.24, 2.45) is 5.73 Å². The molecule has 2 N–H and O–H groups in total. The van der Waals surface area contributed by atoms with Crippen LogP contribution in [0.15, 0.2) is 42.7 Å². The molecule has 142 valence electrons. The monoisotopic (exact) mass is 367 g/mol. The van der Waals surface area contributed by atoms with Crippen molar-refractivity contribution in [3.8, 4) is 11.4 Å². The van der Waals surface area contributed by atoms with Crippen molar-refractivity contribution in [3.63, 3.8) is 0 Å². The molecule has 7 heteroatoms. The van der Waals surface area contributed by atoms with Crippen LogP contribution in [0.3, 0.4) is 0 Å². The quantitative estimate of drug-likeness (QED) is 0.866. The van der Waals surface area contributed by atoms with Crippen LogP contribution in [-0.4, -0.2) is 63.3 Å². The maximum Gasteiger partial charge on any atom is 0.257 e. The fraction of sp³-hybridized carbons (Fsp3) is 0.400. The molecular weight excluding hydrogens is 342 g/mol. The molecule has 3 rings (SSSR count). The number of nitrogens with zero attached hydrogens (tertiary/aromatic N) is 4. The van der Waals surface area contributed by atoms with Gasteiger partial charge in [0.05, 0.1) is 5.56 Å². The largest absolute Gasteiger partial charge is 0.341 e. The summed E-state index contributed by atoms with van der Waals surface area (Å²) in [5, 5.41) is 0. The smallest absolute Gasteiger partial charge is 0.257 e. The lowest BCUT2D eigenvalue weighted by Crippen LogP contribution is -2.47. The first-order chi connectivity index (χ1) is 13.0. The van der Waals surface area contributed by atoms with E-state index in [2.05, 4.69) is 9.97 Å². The molecule has 1 aliphatic rings. The van der Waals surface area contributed by atoms with Crippen molar-refractivity contribution in [2.45, 2.75) is 32.4 Å². The molecule has 7 nitrogen and oxygen atoms in total. The Kier molecular flexibility index (Phi) is 5.81. The van der Waals surface area contributed by atoms with E-state index in [0.29, 0.717) is 37.4 Å². The third-order valence-corrected chi connectivity index (χ3v) is 4.89. The highest BCUT2D eigenvalue weighted by molar-refractivity contribution is 5.97. The first kappa shape index (κ1) is 19.0. The lowest BCUT2D eigenvalue weighted by Gasteiger charge is -2.28. The minimum atomic E-state index is -0.527. The van der Waals surface area contributed by atoms with Crippen LogP contribution in [0.1, 0.15) is 30.6 Å². The summed E-state index contributed by atoms with van der Waals surface area (Å²) in [6, 6.07) is 8.83. The minimum Gasteiger partial charge on any atom is -0.341 e. The Morgan fingerprint density at radius 1 is 1.15 bits per heavy atom. The Balaban J connectivity index is 1.80. The van der Waals surface area contributed by atoms with E-state index in [0.717, 1.165) is 5.56 Å². The number of nitrogens with two attached hydrogens (primary N) is 1. The summed E-state index contributed by atoms with van der Waals surface area (Å²) in [5.41, 5.74) is 7.30. The van der Waals surface area contributed by atoms with Crippen molar-refractivity contribution in [2.75, 3.05) is 19.6 Å². The number of hydrogen-bond acceptors (Lipinski definition) is 5. The van der Waals surface area contributed by atoms with E-state index in [-0.39, 0.29) is 17.9 Å². The minimum absolute atomic E-state index is 0.0527. The van der Waals surface area contributed by atoms with Gasteiger partial charge in [-0.3, -0.25) is 9.59 Å². The van der Waals surface area contributed by atoms with Crippen molar-refractivity contribution >= 4 is 11.8 Å². The van der Waals surface area contributed by atoms with Gasteiger partial charge < -0.3 is 15.5 Å². The Hall–Kier alpha value is -2.80. The summed E-state index contributed by atoms with van der Waals surface area (Å²) >= 11 is 0. The average Bonchev–Trinajstić information content (AvgIpc) is 3.11. The molecule has 2 heterocycles. The standard InChI is InChI=1S/C20H25N5O2/c1-3-24(4-2)20(27)17-10-16(21)13-25(17)19(26)15-11-22-18(23-12-15)14-8-6-5-7-9-14/h5-9,11-12,16-17H,3-4,10,13,21H2,1-2H3/t16-,17-/m0/s1. The highest BCUT2D eigenvalue weighted by atomic mass is 16.2. The molecule has 0 unspecified atom stereocenters. The van der Waals surface area contributed by atoms with E-state index in [1.165, 1.54) is 12.4 Å². The molecule has 0 aliphatic carbocycles. The van der Waals surface area contributed by atoms with Gasteiger partial charge in [0.1, 0.15) is 6.04 Å². The van der Waals surface area contributed by atoms with Gasteiger partial charge in [-0.15, -0.1) is 0 Å². The molecule has 2 atom stereocenters. The number of amides is 2. The van der Waals surface area contributed by atoms with E-state index in [9.17, 15) is 9.59 Å². The van der Waals surface area contributed by atoms with Gasteiger partial charge in [0.2, 0.25) is 5.91 Å². The van der Waals surface area contributed by atoms with Gasteiger partial charge in [0.25, 0.3) is 5.91 Å². The molecule has 1 aliphatic heterocycles. The van der Waals surface area contributed by atoms with Gasteiger partial charge in [-0.2, -0.15) is 0 Å². The van der Waals surface area contributed by atoms with Crippen molar-refractivity contribution in [3.05, 3.63) is 48.3 Å². The van der Waals surface area contributed by atoms with Crippen LogP contribution < -0.4 is 5.73 Å². The first-order valence-corrected chi connectivity index (χ1v) is 9.27. The number of hydrogen-bond donors (Lipinski definition) is 1. The third kappa shape index (κ3) is 3.98. The highest BCUT2D eigenvalue weighted by Gasteiger charge is 2.40. The second-order valence-electron chi connectivity index (χ2n) is 6.64. The van der Waals surface area contributed by atoms with Crippen LogP contribution in [0, 0.1) is 0 Å². The SMILES string of the molecule is CCN(CC)C(=O)[C@@H]1C[C@H](N)CN1C(=O)c1cnc(-c2ccccc2)nc1. The number of rotatable bonds is 5. The molecule has 1 fully saturated rings. The predicted octanol–water partition coefficient (Wildman–Crippen LogP) is 1.55. The van der Waals surface area contributed by atoms with Crippen LogP contribution in [0.2, 0.25) is 0 Å². The Labute approximate surface area is 159 Å². The number of likely N-dealkylation sites (N-methyl/N-ethyl adjacent to an activating group) is 1. The molecule has 1 aromatic heterocycles. The molecule has 0 bridgehead atoms. The van der Waals surface area contributed by atoms with Crippen molar-refractivity contribution < 1.29 is 9.59 Å². The van der Waals surface area contributed by atoms with Crippen LogP contribution in [0.5, 0.6) is 0 Å². The number of benzene rings is 1. The number of aromatic nitrogens is 2. The Morgan fingerprint density at radius 3 is 2.37 bits per heavy atom. The number of likely N-dealkylation sites (tertiary alicyclic amines) is 1. The van der Waals surface area contributed by atoms with Gasteiger partial charge in [0.15, 0.2) is 5.82 Å². The molecule has 0 saturated carbocycles. The summed E-state index contributed by atoms with van der Waals surface area (Å²) in [4.78, 5) is 37.7. The lowest BCUT2D eigenvalue weighted by molar-refractivity contribution is -0.134. The normalized spacial score (nSPS) is 19.1. The molecule has 2 amide bonds. The zero-order valence-corrected chi connectivity index (χ0v) is 15.7. The molecule has 1 aromatic carbocycles. The first-order valence-electron chi connectivity index (χ1n) is 9.27. The van der Waals surface area contributed by atoms with Crippen LogP contribution in [0.4, 0.5) is 0 Å². The average molecular weight is 367 g/mol. The number of carbonyl (C=O) groups is 2. The topological polar surface area (TPSA) is 92.4 Å². The van der Waals surface area contributed by atoms with Gasteiger partial charge >= 0.3 is 0 Å². The molecule has 0 radical (unpaired) electrons. The molecule has 1 saturated heterocycles. The second kappa shape index (κ2) is 8.26. The molecule has 2 aromatic rings. The van der Waals surface area contributed by atoms with Crippen LogP contribution in [0.25, 0.3) is 11.4 Å². The Bertz CT molecular complexity index is 790. The fourth-order valence-corrected chi connectivity index (χ4v) is 3.41. The zero-order chi connectivity index (χ0) is 19.4. The molecule has 27 heavy (non-hydrogen) atoms. The van der Waals surface area contributed by atoms with Gasteiger partial charge in [-0.1, -0.05) is 30.3 Å². The predicted molar refractivity (Wildman–Crippen MR) is 103 cm³/mol. The summed E-state index contributed by atoms with van der Waals surface area (Å²) in [5.74, 6) is 0.247. The summed E-state index contributed by atoms with van der Waals surface area (Å²) in [6.45, 7) is 5.43. The third-order valence-electron chi connectivity index (χ3n) is 4.89. The van der Waals surface area contributed by atoms with Gasteiger partial charge in [-0.25, -0.2) is 9.97 Å². The molecular formula is C20H25N5O2. The van der Waals surface area contributed by atoms with Gasteiger partial charge in [0, 0.05) is 43.6 Å². The Morgan fingerprint density at radius 2 is 1.78 bits per heavy atom. The zero-order valence-electron chi connectivity index (χ0n) is 15.7. The maximum absolute atomic E-state index is 13.0. The van der Waals surface area contributed by atoms with Gasteiger partial charge in [-0.05, 0) is 20.3 Å². The summed E-state index contributed by atoms with van der Waals surface area (Å²) in [6.07, 6.45) is 3.50. The molecule has 0 spiro atoms. The van der Waals surface area contributed by atoms with E-state index >= 15 is 0 Å². The van der Waals surface area contributed by atoms with E-state index < -0.39 is 6.04 Å². The second-order valence-corrected chi connectivity index (χ2v) is 6.64. The summed E-state index contributed by atoms with van der Waals surface area (Å²) < 4.78 is 0. The van der Waals surface area contributed by atoms with E-state index in [4.69, 9.17) is 5.73 Å².